The lowest BCUT2D eigenvalue weighted by atomic mass is 10.1. The Morgan fingerprint density at radius 1 is 1.62 bits per heavy atom. The summed E-state index contributed by atoms with van der Waals surface area (Å²) < 4.78 is 10.9. The first-order valence-electron chi connectivity index (χ1n) is 4.68. The van der Waals surface area contributed by atoms with Gasteiger partial charge in [0.25, 0.3) is 0 Å². The van der Waals surface area contributed by atoms with Crippen LogP contribution in [0.5, 0.6) is 0 Å². The van der Waals surface area contributed by atoms with Crippen molar-refractivity contribution in [1.82, 2.24) is 0 Å². The molecule has 0 aliphatic carbocycles. The maximum Gasteiger partial charge on any atom is 0.185 e. The third-order valence-corrected chi connectivity index (χ3v) is 1.94. The highest BCUT2D eigenvalue weighted by atomic mass is 16.7. The van der Waals surface area contributed by atoms with Gasteiger partial charge in [-0.15, -0.1) is 0 Å². The fraction of sp³-hybridized carbons (Fsp3) is 0.800. The van der Waals surface area contributed by atoms with Crippen molar-refractivity contribution in [2.24, 2.45) is 5.92 Å². The second kappa shape index (κ2) is 4.22. The SMILES string of the molecule is CC(C)C=CC1(C)OCC(CO)O1. The molecule has 1 aliphatic heterocycles. The van der Waals surface area contributed by atoms with Gasteiger partial charge in [0.2, 0.25) is 0 Å². The number of allylic oxidation sites excluding steroid dienone is 1. The van der Waals surface area contributed by atoms with Crippen LogP contribution in [-0.2, 0) is 9.47 Å². The Morgan fingerprint density at radius 2 is 2.31 bits per heavy atom. The summed E-state index contributed by atoms with van der Waals surface area (Å²) in [4.78, 5) is 0. The summed E-state index contributed by atoms with van der Waals surface area (Å²) in [7, 11) is 0. The molecule has 2 atom stereocenters. The molecule has 0 bridgehead atoms. The van der Waals surface area contributed by atoms with Crippen molar-refractivity contribution in [3.63, 3.8) is 0 Å². The Labute approximate surface area is 79.3 Å². The summed E-state index contributed by atoms with van der Waals surface area (Å²) in [6.07, 6.45) is 3.77. The molecule has 1 heterocycles. The molecule has 1 aliphatic rings. The highest BCUT2D eigenvalue weighted by Gasteiger charge is 2.34. The number of ether oxygens (including phenoxy) is 2. The average Bonchev–Trinajstić information content (AvgIpc) is 2.45. The molecule has 1 rings (SSSR count). The fourth-order valence-corrected chi connectivity index (χ4v) is 1.20. The van der Waals surface area contributed by atoms with Gasteiger partial charge in [-0.1, -0.05) is 19.9 Å². The van der Waals surface area contributed by atoms with Crippen molar-refractivity contribution in [2.75, 3.05) is 13.2 Å². The lowest BCUT2D eigenvalue weighted by Gasteiger charge is -2.18. The largest absolute Gasteiger partial charge is 0.394 e. The normalized spacial score (nSPS) is 35.0. The van der Waals surface area contributed by atoms with Crippen LogP contribution in [0.25, 0.3) is 0 Å². The van der Waals surface area contributed by atoms with E-state index >= 15 is 0 Å². The van der Waals surface area contributed by atoms with Crippen molar-refractivity contribution in [1.29, 1.82) is 0 Å². The third kappa shape index (κ3) is 3.10. The third-order valence-electron chi connectivity index (χ3n) is 1.94. The molecule has 1 saturated heterocycles. The van der Waals surface area contributed by atoms with E-state index in [2.05, 4.69) is 13.8 Å². The van der Waals surface area contributed by atoms with E-state index in [0.717, 1.165) is 0 Å². The molecule has 0 saturated carbocycles. The van der Waals surface area contributed by atoms with Crippen LogP contribution < -0.4 is 0 Å². The molecular formula is C10H18O3. The molecule has 0 aromatic heterocycles. The Morgan fingerprint density at radius 3 is 2.77 bits per heavy atom. The molecule has 0 amide bonds. The Hall–Kier alpha value is -0.380. The second-order valence-corrected chi connectivity index (χ2v) is 3.85. The quantitative estimate of drug-likeness (QED) is 0.676. The monoisotopic (exact) mass is 186 g/mol. The van der Waals surface area contributed by atoms with Crippen LogP contribution in [0, 0.1) is 5.92 Å². The van der Waals surface area contributed by atoms with E-state index in [1.807, 2.05) is 19.1 Å². The highest BCUT2D eigenvalue weighted by Crippen LogP contribution is 2.24. The summed E-state index contributed by atoms with van der Waals surface area (Å²) in [6.45, 7) is 6.54. The molecule has 3 heteroatoms. The van der Waals surface area contributed by atoms with Crippen LogP contribution in [0.2, 0.25) is 0 Å². The van der Waals surface area contributed by atoms with Crippen molar-refractivity contribution >= 4 is 0 Å². The van der Waals surface area contributed by atoms with Gasteiger partial charge >= 0.3 is 0 Å². The summed E-state index contributed by atoms with van der Waals surface area (Å²) in [5.74, 6) is -0.158. The van der Waals surface area contributed by atoms with Gasteiger partial charge in [0.1, 0.15) is 6.10 Å². The maximum absolute atomic E-state index is 8.85. The summed E-state index contributed by atoms with van der Waals surface area (Å²) in [5.41, 5.74) is 0. The first kappa shape index (κ1) is 10.7. The van der Waals surface area contributed by atoms with E-state index in [4.69, 9.17) is 14.6 Å². The van der Waals surface area contributed by atoms with Gasteiger partial charge in [0, 0.05) is 0 Å². The molecule has 0 radical (unpaired) electrons. The molecule has 0 spiro atoms. The second-order valence-electron chi connectivity index (χ2n) is 3.85. The van der Waals surface area contributed by atoms with Crippen LogP contribution in [0.3, 0.4) is 0 Å². The topological polar surface area (TPSA) is 38.7 Å². The lowest BCUT2D eigenvalue weighted by Crippen LogP contribution is -2.24. The average molecular weight is 186 g/mol. The van der Waals surface area contributed by atoms with Crippen molar-refractivity contribution in [3.8, 4) is 0 Å². The summed E-state index contributed by atoms with van der Waals surface area (Å²) >= 11 is 0. The van der Waals surface area contributed by atoms with Gasteiger partial charge in [-0.25, -0.2) is 0 Å². The van der Waals surface area contributed by atoms with Crippen LogP contribution >= 0.6 is 0 Å². The van der Waals surface area contributed by atoms with E-state index in [0.29, 0.717) is 12.5 Å². The number of hydrogen-bond donors (Lipinski definition) is 1. The van der Waals surface area contributed by atoms with Gasteiger partial charge in [-0.2, -0.15) is 0 Å². The van der Waals surface area contributed by atoms with Crippen molar-refractivity contribution in [2.45, 2.75) is 32.7 Å². The number of rotatable bonds is 3. The number of aliphatic hydroxyl groups excluding tert-OH is 1. The standard InChI is InChI=1S/C10H18O3/c1-8(2)4-5-10(3)12-7-9(6-11)13-10/h4-5,8-9,11H,6-7H2,1-3H3. The first-order chi connectivity index (χ1) is 6.06. The zero-order chi connectivity index (χ0) is 9.90. The van der Waals surface area contributed by atoms with Crippen LogP contribution in [0.4, 0.5) is 0 Å². The smallest absolute Gasteiger partial charge is 0.185 e. The molecule has 0 aromatic rings. The molecule has 0 aromatic carbocycles. The number of aliphatic hydroxyl groups is 1. The van der Waals surface area contributed by atoms with Crippen LogP contribution in [-0.4, -0.2) is 30.2 Å². The van der Waals surface area contributed by atoms with Gasteiger partial charge in [-0.3, -0.25) is 0 Å². The molecule has 76 valence electrons. The predicted octanol–water partition coefficient (Wildman–Crippen LogP) is 1.32. The summed E-state index contributed by atoms with van der Waals surface area (Å²) in [5, 5.41) is 8.85. The number of hydrogen-bond acceptors (Lipinski definition) is 3. The van der Waals surface area contributed by atoms with Gasteiger partial charge in [-0.05, 0) is 18.9 Å². The zero-order valence-corrected chi connectivity index (χ0v) is 8.49. The van der Waals surface area contributed by atoms with Crippen molar-refractivity contribution in [3.05, 3.63) is 12.2 Å². The van der Waals surface area contributed by atoms with E-state index in [-0.39, 0.29) is 12.7 Å². The minimum absolute atomic E-state index is 0.0190. The van der Waals surface area contributed by atoms with E-state index < -0.39 is 5.79 Å². The molecule has 1 N–H and O–H groups in total. The van der Waals surface area contributed by atoms with Crippen LogP contribution in [0.15, 0.2) is 12.2 Å². The zero-order valence-electron chi connectivity index (χ0n) is 8.49. The Balaban J connectivity index is 2.49. The highest BCUT2D eigenvalue weighted by molar-refractivity contribution is 4.98. The lowest BCUT2D eigenvalue weighted by molar-refractivity contribution is -0.118. The fourth-order valence-electron chi connectivity index (χ4n) is 1.20. The molecular weight excluding hydrogens is 168 g/mol. The van der Waals surface area contributed by atoms with Gasteiger partial charge < -0.3 is 14.6 Å². The first-order valence-corrected chi connectivity index (χ1v) is 4.68. The maximum atomic E-state index is 8.85. The van der Waals surface area contributed by atoms with E-state index in [1.54, 1.807) is 0 Å². The predicted molar refractivity (Wildman–Crippen MR) is 50.3 cm³/mol. The minimum atomic E-state index is -0.641. The molecule has 3 nitrogen and oxygen atoms in total. The van der Waals surface area contributed by atoms with Gasteiger partial charge in [0.05, 0.1) is 13.2 Å². The molecule has 13 heavy (non-hydrogen) atoms. The Kier molecular flexibility index (Phi) is 3.47. The Bertz CT molecular complexity index is 189. The van der Waals surface area contributed by atoms with E-state index in [9.17, 15) is 0 Å². The molecule has 1 fully saturated rings. The molecule has 2 unspecified atom stereocenters. The summed E-state index contributed by atoms with van der Waals surface area (Å²) in [6, 6.07) is 0. The van der Waals surface area contributed by atoms with Crippen molar-refractivity contribution < 1.29 is 14.6 Å². The van der Waals surface area contributed by atoms with Gasteiger partial charge in [0.15, 0.2) is 5.79 Å². The minimum Gasteiger partial charge on any atom is -0.394 e. The van der Waals surface area contributed by atoms with Crippen LogP contribution in [0.1, 0.15) is 20.8 Å². The van der Waals surface area contributed by atoms with E-state index in [1.165, 1.54) is 0 Å².